The van der Waals surface area contributed by atoms with Crippen LogP contribution in [0.5, 0.6) is 0 Å². The number of aliphatic hydroxyl groups is 1. The molecule has 0 heterocycles. The molecule has 0 aromatic heterocycles. The number of esters is 1. The topological polar surface area (TPSA) is 46.5 Å². The highest BCUT2D eigenvalue weighted by molar-refractivity contribution is 5.85. The molecule has 0 aliphatic heterocycles. The second-order valence-electron chi connectivity index (χ2n) is 4.66. The van der Waals surface area contributed by atoms with Crippen LogP contribution in [0.15, 0.2) is 54.6 Å². The van der Waals surface area contributed by atoms with Gasteiger partial charge in [-0.15, -0.1) is 0 Å². The molecule has 1 atom stereocenters. The predicted molar refractivity (Wildman–Crippen MR) is 77.3 cm³/mol. The average Bonchev–Trinajstić information content (AvgIpc) is 2.48. The van der Waals surface area contributed by atoms with E-state index in [0.29, 0.717) is 11.1 Å². The summed E-state index contributed by atoms with van der Waals surface area (Å²) in [5.74, 6) is -0.657. The SMILES string of the molecule is CCOC(=O)C(O)(c1ccccc1)c1ccc(C)cc1. The summed E-state index contributed by atoms with van der Waals surface area (Å²) >= 11 is 0. The van der Waals surface area contributed by atoms with Crippen molar-refractivity contribution in [3.8, 4) is 0 Å². The van der Waals surface area contributed by atoms with Gasteiger partial charge in [-0.25, -0.2) is 4.79 Å². The van der Waals surface area contributed by atoms with E-state index < -0.39 is 11.6 Å². The largest absolute Gasteiger partial charge is 0.463 e. The fourth-order valence-electron chi connectivity index (χ4n) is 2.11. The first-order chi connectivity index (χ1) is 9.59. The van der Waals surface area contributed by atoms with E-state index >= 15 is 0 Å². The van der Waals surface area contributed by atoms with Crippen molar-refractivity contribution < 1.29 is 14.6 Å². The highest BCUT2D eigenvalue weighted by Gasteiger charge is 2.41. The molecule has 3 heteroatoms. The maximum absolute atomic E-state index is 12.3. The molecule has 0 saturated heterocycles. The molecule has 1 N–H and O–H groups in total. The molecule has 0 radical (unpaired) electrons. The molecule has 2 rings (SSSR count). The van der Waals surface area contributed by atoms with E-state index in [1.165, 1.54) is 0 Å². The van der Waals surface area contributed by atoms with Gasteiger partial charge in [0, 0.05) is 0 Å². The first-order valence-electron chi connectivity index (χ1n) is 6.61. The minimum atomic E-state index is -1.77. The zero-order valence-corrected chi connectivity index (χ0v) is 11.7. The maximum Gasteiger partial charge on any atom is 0.347 e. The molecule has 20 heavy (non-hydrogen) atoms. The molecule has 2 aromatic carbocycles. The molecule has 3 nitrogen and oxygen atoms in total. The first-order valence-corrected chi connectivity index (χ1v) is 6.61. The fourth-order valence-corrected chi connectivity index (χ4v) is 2.11. The van der Waals surface area contributed by atoms with Gasteiger partial charge in [-0.2, -0.15) is 0 Å². The normalized spacial score (nSPS) is 13.6. The second kappa shape index (κ2) is 5.88. The van der Waals surface area contributed by atoms with Gasteiger partial charge >= 0.3 is 5.97 Å². The van der Waals surface area contributed by atoms with Gasteiger partial charge in [0.05, 0.1) is 6.61 Å². The van der Waals surface area contributed by atoms with Crippen LogP contribution in [0, 0.1) is 6.92 Å². The fraction of sp³-hybridized carbons (Fsp3) is 0.235. The van der Waals surface area contributed by atoms with E-state index in [1.54, 1.807) is 43.3 Å². The van der Waals surface area contributed by atoms with E-state index in [-0.39, 0.29) is 6.61 Å². The standard InChI is InChI=1S/C17H18O3/c1-3-20-16(18)17(19,14-7-5-4-6-8-14)15-11-9-13(2)10-12-15/h4-12,19H,3H2,1-2H3. The van der Waals surface area contributed by atoms with Gasteiger partial charge in [0.2, 0.25) is 5.60 Å². The summed E-state index contributed by atoms with van der Waals surface area (Å²) in [5.41, 5.74) is 0.299. The van der Waals surface area contributed by atoms with Crippen LogP contribution in [0.2, 0.25) is 0 Å². The molecule has 104 valence electrons. The van der Waals surface area contributed by atoms with E-state index in [4.69, 9.17) is 4.74 Å². The Hall–Kier alpha value is -2.13. The Labute approximate surface area is 118 Å². The lowest BCUT2D eigenvalue weighted by Gasteiger charge is -2.27. The van der Waals surface area contributed by atoms with E-state index in [1.807, 2.05) is 25.1 Å². The van der Waals surface area contributed by atoms with Crippen LogP contribution in [0.1, 0.15) is 23.6 Å². The number of ether oxygens (including phenoxy) is 1. The van der Waals surface area contributed by atoms with Gasteiger partial charge in [0.15, 0.2) is 0 Å². The van der Waals surface area contributed by atoms with Crippen LogP contribution in [-0.2, 0) is 15.1 Å². The number of hydrogen-bond acceptors (Lipinski definition) is 3. The van der Waals surface area contributed by atoms with Gasteiger partial charge < -0.3 is 9.84 Å². The summed E-state index contributed by atoms with van der Waals surface area (Å²) in [4.78, 5) is 12.3. The Bertz CT molecular complexity index is 575. The Balaban J connectivity index is 2.55. The van der Waals surface area contributed by atoms with Gasteiger partial charge in [0.1, 0.15) is 0 Å². The third-order valence-electron chi connectivity index (χ3n) is 3.23. The lowest BCUT2D eigenvalue weighted by atomic mass is 9.86. The van der Waals surface area contributed by atoms with Crippen molar-refractivity contribution in [3.63, 3.8) is 0 Å². The van der Waals surface area contributed by atoms with E-state index in [2.05, 4.69) is 0 Å². The minimum absolute atomic E-state index is 0.222. The molecule has 0 amide bonds. The Morgan fingerprint density at radius 1 is 1.05 bits per heavy atom. The molecule has 2 aromatic rings. The zero-order chi connectivity index (χ0) is 14.6. The van der Waals surface area contributed by atoms with Crippen molar-refractivity contribution in [2.45, 2.75) is 19.4 Å². The van der Waals surface area contributed by atoms with Crippen LogP contribution < -0.4 is 0 Å². The lowest BCUT2D eigenvalue weighted by Crippen LogP contribution is -2.38. The van der Waals surface area contributed by atoms with Crippen LogP contribution in [0.25, 0.3) is 0 Å². The first kappa shape index (κ1) is 14.3. The smallest absolute Gasteiger partial charge is 0.347 e. The number of carbonyl (C=O) groups is 1. The number of hydrogen-bond donors (Lipinski definition) is 1. The zero-order valence-electron chi connectivity index (χ0n) is 11.7. The van der Waals surface area contributed by atoms with Crippen molar-refractivity contribution in [1.82, 2.24) is 0 Å². The summed E-state index contributed by atoms with van der Waals surface area (Å²) < 4.78 is 5.06. The van der Waals surface area contributed by atoms with Crippen LogP contribution in [-0.4, -0.2) is 17.7 Å². The van der Waals surface area contributed by atoms with Crippen molar-refractivity contribution >= 4 is 5.97 Å². The Morgan fingerprint density at radius 2 is 1.60 bits per heavy atom. The van der Waals surface area contributed by atoms with E-state index in [0.717, 1.165) is 5.56 Å². The van der Waals surface area contributed by atoms with Gasteiger partial charge in [-0.1, -0.05) is 60.2 Å². The van der Waals surface area contributed by atoms with E-state index in [9.17, 15) is 9.90 Å². The summed E-state index contributed by atoms with van der Waals surface area (Å²) in [7, 11) is 0. The van der Waals surface area contributed by atoms with Crippen LogP contribution >= 0.6 is 0 Å². The van der Waals surface area contributed by atoms with Crippen molar-refractivity contribution in [1.29, 1.82) is 0 Å². The molecule has 0 spiro atoms. The molecular formula is C17H18O3. The van der Waals surface area contributed by atoms with Crippen LogP contribution in [0.3, 0.4) is 0 Å². The van der Waals surface area contributed by atoms with Gasteiger partial charge in [0.25, 0.3) is 0 Å². The molecule has 1 unspecified atom stereocenters. The monoisotopic (exact) mass is 270 g/mol. The second-order valence-corrected chi connectivity index (χ2v) is 4.66. The number of aryl methyl sites for hydroxylation is 1. The molecule has 0 saturated carbocycles. The molecule has 0 aliphatic rings. The highest BCUT2D eigenvalue weighted by atomic mass is 16.5. The summed E-state index contributed by atoms with van der Waals surface area (Å²) in [6, 6.07) is 16.1. The van der Waals surface area contributed by atoms with Crippen LogP contribution in [0.4, 0.5) is 0 Å². The lowest BCUT2D eigenvalue weighted by molar-refractivity contribution is -0.161. The minimum Gasteiger partial charge on any atom is -0.463 e. The van der Waals surface area contributed by atoms with Crippen molar-refractivity contribution in [3.05, 3.63) is 71.3 Å². The Kier molecular flexibility index (Phi) is 4.20. The summed E-state index contributed by atoms with van der Waals surface area (Å²) in [5, 5.41) is 11.0. The predicted octanol–water partition coefficient (Wildman–Crippen LogP) is 2.79. The molecular weight excluding hydrogens is 252 g/mol. The van der Waals surface area contributed by atoms with Gasteiger partial charge in [-0.3, -0.25) is 0 Å². The van der Waals surface area contributed by atoms with Crippen molar-refractivity contribution in [2.24, 2.45) is 0 Å². The molecule has 0 fully saturated rings. The average molecular weight is 270 g/mol. The number of carbonyl (C=O) groups excluding carboxylic acids is 1. The number of rotatable bonds is 4. The summed E-state index contributed by atoms with van der Waals surface area (Å²) in [6.07, 6.45) is 0. The van der Waals surface area contributed by atoms with Crippen molar-refractivity contribution in [2.75, 3.05) is 6.61 Å². The van der Waals surface area contributed by atoms with Gasteiger partial charge in [-0.05, 0) is 25.0 Å². The molecule has 0 aliphatic carbocycles. The third kappa shape index (κ3) is 2.58. The summed E-state index contributed by atoms with van der Waals surface area (Å²) in [6.45, 7) is 3.90. The molecule has 0 bridgehead atoms. The number of benzene rings is 2. The third-order valence-corrected chi connectivity index (χ3v) is 3.23. The quantitative estimate of drug-likeness (QED) is 0.869. The highest BCUT2D eigenvalue weighted by Crippen LogP contribution is 2.31. The Morgan fingerprint density at radius 3 is 2.15 bits per heavy atom. The maximum atomic E-state index is 12.3.